The minimum Gasteiger partial charge on any atom is -0.336 e. The van der Waals surface area contributed by atoms with E-state index in [9.17, 15) is 4.79 Å². The van der Waals surface area contributed by atoms with E-state index in [0.717, 1.165) is 16.7 Å². The largest absolute Gasteiger partial charge is 0.336 e. The van der Waals surface area contributed by atoms with Crippen LogP contribution in [0.5, 0.6) is 0 Å². The van der Waals surface area contributed by atoms with Crippen LogP contribution in [0.25, 0.3) is 22.5 Å². The first-order chi connectivity index (χ1) is 14.5. The molecule has 4 rings (SSSR count). The van der Waals surface area contributed by atoms with Gasteiger partial charge in [-0.1, -0.05) is 47.1 Å². The fraction of sp³-hybridized carbons (Fsp3) is 0.130. The lowest BCUT2D eigenvalue weighted by Gasteiger charge is -2.20. The standard InChI is InChI=1S/C23H19ClN4O2/c1-14-7-6-8-15(2)20(14)22-21(18-11-12-25-13-26-18)23(30-27-22)28(16(3)29)19-10-5-4-9-17(19)24/h4-13H,1-3H3. The van der Waals surface area contributed by atoms with Crippen LogP contribution >= 0.6 is 11.6 Å². The van der Waals surface area contributed by atoms with Crippen molar-refractivity contribution in [2.45, 2.75) is 20.8 Å². The second kappa shape index (κ2) is 8.08. The predicted octanol–water partition coefficient (Wildman–Crippen LogP) is 5.75. The molecule has 0 aliphatic carbocycles. The number of amides is 1. The second-order valence-electron chi connectivity index (χ2n) is 6.88. The van der Waals surface area contributed by atoms with Gasteiger partial charge in [-0.2, -0.15) is 0 Å². The molecule has 2 heterocycles. The molecule has 2 aromatic heterocycles. The van der Waals surface area contributed by atoms with Gasteiger partial charge in [-0.05, 0) is 43.2 Å². The fourth-order valence-corrected chi connectivity index (χ4v) is 3.74. The molecule has 30 heavy (non-hydrogen) atoms. The van der Waals surface area contributed by atoms with Gasteiger partial charge in [-0.25, -0.2) is 14.9 Å². The van der Waals surface area contributed by atoms with Crippen LogP contribution in [0.4, 0.5) is 11.6 Å². The number of rotatable bonds is 4. The van der Waals surface area contributed by atoms with Crippen molar-refractivity contribution in [1.29, 1.82) is 0 Å². The van der Waals surface area contributed by atoms with Crippen LogP contribution in [0.1, 0.15) is 18.1 Å². The summed E-state index contributed by atoms with van der Waals surface area (Å²) in [6.07, 6.45) is 3.09. The lowest BCUT2D eigenvalue weighted by molar-refractivity contribution is -0.116. The molecule has 4 aromatic rings. The van der Waals surface area contributed by atoms with Crippen LogP contribution in [0.15, 0.2) is 65.6 Å². The minimum atomic E-state index is -0.261. The third-order valence-corrected chi connectivity index (χ3v) is 5.16. The molecule has 0 aliphatic rings. The number of hydrogen-bond acceptors (Lipinski definition) is 5. The first kappa shape index (κ1) is 19.8. The van der Waals surface area contributed by atoms with Crippen LogP contribution in [0, 0.1) is 13.8 Å². The predicted molar refractivity (Wildman–Crippen MR) is 117 cm³/mol. The number of aryl methyl sites for hydroxylation is 2. The fourth-order valence-electron chi connectivity index (χ4n) is 3.52. The number of nitrogens with zero attached hydrogens (tertiary/aromatic N) is 4. The van der Waals surface area contributed by atoms with E-state index in [1.54, 1.807) is 30.5 Å². The highest BCUT2D eigenvalue weighted by molar-refractivity contribution is 6.34. The quantitative estimate of drug-likeness (QED) is 0.421. The first-order valence-electron chi connectivity index (χ1n) is 9.37. The summed E-state index contributed by atoms with van der Waals surface area (Å²) in [4.78, 5) is 22.5. The molecule has 0 bridgehead atoms. The number of benzene rings is 2. The van der Waals surface area contributed by atoms with Gasteiger partial charge in [0.1, 0.15) is 12.0 Å². The van der Waals surface area contributed by atoms with Gasteiger partial charge in [0.15, 0.2) is 0 Å². The molecule has 0 unspecified atom stereocenters. The van der Waals surface area contributed by atoms with Gasteiger partial charge in [0.2, 0.25) is 11.8 Å². The molecule has 2 aromatic carbocycles. The van der Waals surface area contributed by atoms with Crippen molar-refractivity contribution in [3.63, 3.8) is 0 Å². The molecule has 6 nitrogen and oxygen atoms in total. The Labute approximate surface area is 179 Å². The van der Waals surface area contributed by atoms with Crippen molar-refractivity contribution in [2.75, 3.05) is 4.90 Å². The van der Waals surface area contributed by atoms with Crippen LogP contribution in [-0.2, 0) is 4.79 Å². The van der Waals surface area contributed by atoms with Crippen molar-refractivity contribution in [1.82, 2.24) is 15.1 Å². The molecule has 0 atom stereocenters. The van der Waals surface area contributed by atoms with E-state index in [4.69, 9.17) is 16.1 Å². The summed E-state index contributed by atoms with van der Waals surface area (Å²) in [5.41, 5.74) is 5.32. The van der Waals surface area contributed by atoms with Gasteiger partial charge in [0, 0.05) is 18.7 Å². The zero-order chi connectivity index (χ0) is 21.3. The average Bonchev–Trinajstić information content (AvgIpc) is 3.14. The minimum absolute atomic E-state index is 0.256. The summed E-state index contributed by atoms with van der Waals surface area (Å²) in [6, 6.07) is 14.9. The van der Waals surface area contributed by atoms with Crippen molar-refractivity contribution in [3.8, 4) is 22.5 Å². The average molecular weight is 419 g/mol. The molecule has 0 N–H and O–H groups in total. The number of halogens is 1. The van der Waals surface area contributed by atoms with E-state index >= 15 is 0 Å². The third kappa shape index (κ3) is 3.46. The first-order valence-corrected chi connectivity index (χ1v) is 9.74. The van der Waals surface area contributed by atoms with E-state index in [2.05, 4.69) is 15.1 Å². The third-order valence-electron chi connectivity index (χ3n) is 4.84. The molecule has 0 fully saturated rings. The second-order valence-corrected chi connectivity index (χ2v) is 7.29. The van der Waals surface area contributed by atoms with E-state index in [1.807, 2.05) is 38.1 Å². The zero-order valence-corrected chi connectivity index (χ0v) is 17.5. The number of hydrogen-bond donors (Lipinski definition) is 0. The van der Waals surface area contributed by atoms with Crippen molar-refractivity contribution in [3.05, 3.63) is 77.2 Å². The monoisotopic (exact) mass is 418 g/mol. The molecule has 0 aliphatic heterocycles. The van der Waals surface area contributed by atoms with Gasteiger partial charge in [-0.3, -0.25) is 4.79 Å². The van der Waals surface area contributed by atoms with E-state index in [0.29, 0.717) is 27.7 Å². The van der Waals surface area contributed by atoms with Gasteiger partial charge in [0.05, 0.1) is 22.0 Å². The molecule has 0 spiro atoms. The van der Waals surface area contributed by atoms with Crippen LogP contribution in [-0.4, -0.2) is 21.0 Å². The Hall–Kier alpha value is -3.51. The zero-order valence-electron chi connectivity index (χ0n) is 16.8. The SMILES string of the molecule is CC(=O)N(c1ccccc1Cl)c1onc(-c2c(C)cccc2C)c1-c1ccncn1. The topological polar surface area (TPSA) is 72.1 Å². The maximum absolute atomic E-state index is 12.7. The summed E-state index contributed by atoms with van der Waals surface area (Å²) in [5.74, 6) is -0.00503. The molecule has 0 saturated carbocycles. The molecule has 1 amide bonds. The lowest BCUT2D eigenvalue weighted by atomic mass is 9.96. The smallest absolute Gasteiger partial charge is 0.248 e. The summed E-state index contributed by atoms with van der Waals surface area (Å²) in [7, 11) is 0. The molecular weight excluding hydrogens is 400 g/mol. The van der Waals surface area contributed by atoms with Crippen LogP contribution < -0.4 is 4.90 Å². The Morgan fingerprint density at radius 1 is 1.00 bits per heavy atom. The van der Waals surface area contributed by atoms with E-state index < -0.39 is 0 Å². The Morgan fingerprint density at radius 2 is 1.73 bits per heavy atom. The van der Waals surface area contributed by atoms with Gasteiger partial charge in [0.25, 0.3) is 0 Å². The van der Waals surface area contributed by atoms with E-state index in [1.165, 1.54) is 18.2 Å². The highest BCUT2D eigenvalue weighted by atomic mass is 35.5. The maximum atomic E-state index is 12.7. The summed E-state index contributed by atoms with van der Waals surface area (Å²) in [5, 5.41) is 4.79. The number of anilines is 2. The van der Waals surface area contributed by atoms with Crippen LogP contribution in [0.3, 0.4) is 0 Å². The van der Waals surface area contributed by atoms with Crippen molar-refractivity contribution < 1.29 is 9.32 Å². The molecule has 7 heteroatoms. The number of aromatic nitrogens is 3. The molecule has 0 radical (unpaired) electrons. The Morgan fingerprint density at radius 3 is 2.37 bits per heavy atom. The number of carbonyl (C=O) groups is 1. The van der Waals surface area contributed by atoms with Crippen LogP contribution in [0.2, 0.25) is 5.02 Å². The van der Waals surface area contributed by atoms with Crippen molar-refractivity contribution >= 4 is 29.1 Å². The van der Waals surface area contributed by atoms with Gasteiger partial charge >= 0.3 is 0 Å². The highest BCUT2D eigenvalue weighted by Crippen LogP contribution is 2.44. The Balaban J connectivity index is 2.03. The highest BCUT2D eigenvalue weighted by Gasteiger charge is 2.30. The Bertz CT molecular complexity index is 1200. The van der Waals surface area contributed by atoms with E-state index in [-0.39, 0.29) is 11.8 Å². The van der Waals surface area contributed by atoms with Crippen molar-refractivity contribution in [2.24, 2.45) is 0 Å². The van der Waals surface area contributed by atoms with Gasteiger partial charge in [-0.15, -0.1) is 0 Å². The van der Waals surface area contributed by atoms with Gasteiger partial charge < -0.3 is 4.52 Å². The molecule has 150 valence electrons. The number of carbonyl (C=O) groups excluding carboxylic acids is 1. The summed E-state index contributed by atoms with van der Waals surface area (Å²) in [6.45, 7) is 5.47. The summed E-state index contributed by atoms with van der Waals surface area (Å²) < 4.78 is 5.78. The summed E-state index contributed by atoms with van der Waals surface area (Å²) >= 11 is 6.40. The molecular formula is C23H19ClN4O2. The number of para-hydroxylation sites is 1. The molecule has 0 saturated heterocycles. The maximum Gasteiger partial charge on any atom is 0.248 e. The Kier molecular flexibility index (Phi) is 5.33. The normalized spacial score (nSPS) is 10.8. The lowest BCUT2D eigenvalue weighted by Crippen LogP contribution is -2.23.